The van der Waals surface area contributed by atoms with Gasteiger partial charge < -0.3 is 4.74 Å². The molecule has 0 saturated carbocycles. The second-order valence-corrected chi connectivity index (χ2v) is 5.41. The van der Waals surface area contributed by atoms with E-state index in [1.807, 2.05) is 19.1 Å². The summed E-state index contributed by atoms with van der Waals surface area (Å²) >= 11 is 0. The van der Waals surface area contributed by atoms with E-state index in [2.05, 4.69) is 36.4 Å². The fourth-order valence-corrected chi connectivity index (χ4v) is 2.86. The smallest absolute Gasteiger partial charge is 0.123 e. The molecule has 1 heterocycles. The zero-order valence-electron chi connectivity index (χ0n) is 12.4. The molecule has 0 bridgehead atoms. The van der Waals surface area contributed by atoms with Gasteiger partial charge >= 0.3 is 0 Å². The fourth-order valence-electron chi connectivity index (χ4n) is 2.86. The van der Waals surface area contributed by atoms with Gasteiger partial charge in [-0.25, -0.2) is 5.01 Å². The van der Waals surface area contributed by atoms with Gasteiger partial charge in [-0.15, -0.1) is 0 Å². The minimum Gasteiger partial charge on any atom is -0.494 e. The molecular formula is C16H26N2O. The van der Waals surface area contributed by atoms with Crippen LogP contribution in [0, 0.1) is 0 Å². The summed E-state index contributed by atoms with van der Waals surface area (Å²) in [6.45, 7) is 8.19. The molecule has 2 rings (SSSR count). The van der Waals surface area contributed by atoms with Crippen LogP contribution in [0.2, 0.25) is 0 Å². The molecule has 2 atom stereocenters. The maximum Gasteiger partial charge on any atom is 0.123 e. The Kier molecular flexibility index (Phi) is 5.23. The molecule has 3 heteroatoms. The van der Waals surface area contributed by atoms with Crippen molar-refractivity contribution in [3.63, 3.8) is 0 Å². The van der Waals surface area contributed by atoms with E-state index in [1.165, 1.54) is 24.8 Å². The zero-order valence-corrected chi connectivity index (χ0v) is 12.4. The summed E-state index contributed by atoms with van der Waals surface area (Å²) in [6, 6.07) is 9.51. The second kappa shape index (κ2) is 6.92. The summed E-state index contributed by atoms with van der Waals surface area (Å²) in [5.41, 5.74) is 4.82. The highest BCUT2D eigenvalue weighted by atomic mass is 16.5. The third-order valence-corrected chi connectivity index (χ3v) is 3.92. The maximum atomic E-state index is 5.67. The number of para-hydroxylation sites is 1. The van der Waals surface area contributed by atoms with Gasteiger partial charge in [0, 0.05) is 24.2 Å². The van der Waals surface area contributed by atoms with E-state index in [9.17, 15) is 0 Å². The number of hydrogen-bond acceptors (Lipinski definition) is 3. The van der Waals surface area contributed by atoms with Crippen molar-refractivity contribution in [3.05, 3.63) is 29.8 Å². The number of ether oxygens (including phenoxy) is 1. The number of rotatable bonds is 5. The van der Waals surface area contributed by atoms with Gasteiger partial charge in [0.05, 0.1) is 6.61 Å². The van der Waals surface area contributed by atoms with E-state index in [-0.39, 0.29) is 0 Å². The van der Waals surface area contributed by atoms with Gasteiger partial charge in [0.15, 0.2) is 0 Å². The van der Waals surface area contributed by atoms with Crippen molar-refractivity contribution in [2.75, 3.05) is 6.61 Å². The first kappa shape index (κ1) is 14.4. The molecule has 0 amide bonds. The van der Waals surface area contributed by atoms with Crippen molar-refractivity contribution in [2.24, 2.45) is 0 Å². The Labute approximate surface area is 116 Å². The molecule has 0 aromatic heterocycles. The fraction of sp³-hybridized carbons (Fsp3) is 0.625. The molecule has 1 aliphatic rings. The lowest BCUT2D eigenvalue weighted by atomic mass is 10.00. The normalized spacial score (nSPS) is 24.4. The van der Waals surface area contributed by atoms with Crippen LogP contribution in [0.15, 0.2) is 24.3 Å². The Balaban J connectivity index is 1.97. The first-order valence-electron chi connectivity index (χ1n) is 7.45. The van der Waals surface area contributed by atoms with Gasteiger partial charge in [-0.2, -0.15) is 0 Å². The Morgan fingerprint density at radius 3 is 2.58 bits per heavy atom. The van der Waals surface area contributed by atoms with Gasteiger partial charge in [-0.3, -0.25) is 5.43 Å². The maximum absolute atomic E-state index is 5.67. The number of piperidine rings is 1. The van der Waals surface area contributed by atoms with Gasteiger partial charge in [-0.1, -0.05) is 24.6 Å². The standard InChI is InChI=1S/C16H26N2O/c1-4-19-16-11-6-5-10-15(16)12-17-18-13(2)8-7-9-14(18)3/h5-6,10-11,13-14,17H,4,7-9,12H2,1-3H3. The molecule has 106 valence electrons. The van der Waals surface area contributed by atoms with E-state index < -0.39 is 0 Å². The third-order valence-electron chi connectivity index (χ3n) is 3.92. The van der Waals surface area contributed by atoms with Crippen LogP contribution in [-0.2, 0) is 6.54 Å². The van der Waals surface area contributed by atoms with Crippen LogP contribution in [0.5, 0.6) is 5.75 Å². The van der Waals surface area contributed by atoms with Crippen LogP contribution < -0.4 is 10.2 Å². The van der Waals surface area contributed by atoms with E-state index in [0.717, 1.165) is 12.3 Å². The lowest BCUT2D eigenvalue weighted by molar-refractivity contribution is 0.0432. The Morgan fingerprint density at radius 1 is 1.21 bits per heavy atom. The average Bonchev–Trinajstić information content (AvgIpc) is 2.40. The summed E-state index contributed by atoms with van der Waals surface area (Å²) < 4.78 is 5.67. The summed E-state index contributed by atoms with van der Waals surface area (Å²) in [4.78, 5) is 0. The van der Waals surface area contributed by atoms with Gasteiger partial charge in [0.2, 0.25) is 0 Å². The minimum atomic E-state index is 0.614. The summed E-state index contributed by atoms with van der Waals surface area (Å²) in [5.74, 6) is 0.995. The molecule has 0 radical (unpaired) electrons. The predicted molar refractivity (Wildman–Crippen MR) is 79.1 cm³/mol. The van der Waals surface area contributed by atoms with Crippen LogP contribution >= 0.6 is 0 Å². The van der Waals surface area contributed by atoms with E-state index in [1.54, 1.807) is 0 Å². The highest BCUT2D eigenvalue weighted by Gasteiger charge is 2.24. The molecule has 1 aromatic carbocycles. The van der Waals surface area contributed by atoms with Crippen LogP contribution in [0.1, 0.15) is 45.6 Å². The Bertz CT molecular complexity index is 384. The van der Waals surface area contributed by atoms with Crippen molar-refractivity contribution < 1.29 is 4.74 Å². The lowest BCUT2D eigenvalue weighted by Gasteiger charge is -2.39. The third kappa shape index (κ3) is 3.71. The SMILES string of the molecule is CCOc1ccccc1CNN1C(C)CCCC1C. The van der Waals surface area contributed by atoms with Crippen molar-refractivity contribution >= 4 is 0 Å². The number of nitrogens with one attached hydrogen (secondary N) is 1. The number of benzene rings is 1. The van der Waals surface area contributed by atoms with Crippen LogP contribution in [0.3, 0.4) is 0 Å². The predicted octanol–water partition coefficient (Wildman–Crippen LogP) is 3.35. The average molecular weight is 262 g/mol. The molecule has 3 nitrogen and oxygen atoms in total. The van der Waals surface area contributed by atoms with E-state index in [4.69, 9.17) is 4.74 Å². The van der Waals surface area contributed by atoms with Crippen molar-refractivity contribution in [2.45, 2.75) is 58.7 Å². The lowest BCUT2D eigenvalue weighted by Crippen LogP contribution is -2.51. The minimum absolute atomic E-state index is 0.614. The summed E-state index contributed by atoms with van der Waals surface area (Å²) in [5, 5.41) is 2.41. The molecular weight excluding hydrogens is 236 g/mol. The second-order valence-electron chi connectivity index (χ2n) is 5.41. The Morgan fingerprint density at radius 2 is 1.89 bits per heavy atom. The van der Waals surface area contributed by atoms with Crippen LogP contribution in [-0.4, -0.2) is 23.7 Å². The molecule has 1 aliphatic heterocycles. The molecule has 1 N–H and O–H groups in total. The highest BCUT2D eigenvalue weighted by Crippen LogP contribution is 2.22. The van der Waals surface area contributed by atoms with Gasteiger partial charge in [0.1, 0.15) is 5.75 Å². The molecule has 2 unspecified atom stereocenters. The summed E-state index contributed by atoms with van der Waals surface area (Å²) in [7, 11) is 0. The number of hydrazine groups is 1. The molecule has 1 fully saturated rings. The van der Waals surface area contributed by atoms with E-state index >= 15 is 0 Å². The van der Waals surface area contributed by atoms with Crippen molar-refractivity contribution in [1.82, 2.24) is 10.4 Å². The van der Waals surface area contributed by atoms with Crippen molar-refractivity contribution in [3.8, 4) is 5.75 Å². The first-order chi connectivity index (χ1) is 9.22. The first-order valence-corrected chi connectivity index (χ1v) is 7.45. The van der Waals surface area contributed by atoms with Crippen LogP contribution in [0.25, 0.3) is 0 Å². The van der Waals surface area contributed by atoms with E-state index in [0.29, 0.717) is 18.7 Å². The monoisotopic (exact) mass is 262 g/mol. The van der Waals surface area contributed by atoms with Crippen molar-refractivity contribution in [1.29, 1.82) is 0 Å². The molecule has 1 aromatic rings. The molecule has 0 aliphatic carbocycles. The zero-order chi connectivity index (χ0) is 13.7. The quantitative estimate of drug-likeness (QED) is 0.880. The highest BCUT2D eigenvalue weighted by molar-refractivity contribution is 5.33. The van der Waals surface area contributed by atoms with Crippen LogP contribution in [0.4, 0.5) is 0 Å². The molecule has 19 heavy (non-hydrogen) atoms. The topological polar surface area (TPSA) is 24.5 Å². The molecule has 0 spiro atoms. The molecule has 1 saturated heterocycles. The van der Waals surface area contributed by atoms with Gasteiger partial charge in [-0.05, 0) is 39.7 Å². The number of nitrogens with zero attached hydrogens (tertiary/aromatic N) is 1. The van der Waals surface area contributed by atoms with Gasteiger partial charge in [0.25, 0.3) is 0 Å². The summed E-state index contributed by atoms with van der Waals surface area (Å²) in [6.07, 6.45) is 3.91. The largest absolute Gasteiger partial charge is 0.494 e. The number of hydrogen-bond donors (Lipinski definition) is 1. The Hall–Kier alpha value is -1.06.